The van der Waals surface area contributed by atoms with Crippen LogP contribution in [0.2, 0.25) is 0 Å². The summed E-state index contributed by atoms with van der Waals surface area (Å²) in [5.74, 6) is 0.457. The van der Waals surface area contributed by atoms with Gasteiger partial charge in [0.15, 0.2) is 5.96 Å². The van der Waals surface area contributed by atoms with Gasteiger partial charge in [-0.15, -0.1) is 11.3 Å². The average Bonchev–Trinajstić information content (AvgIpc) is 2.96. The highest BCUT2D eigenvalue weighted by atomic mass is 32.1. The lowest BCUT2D eigenvalue weighted by atomic mass is 10.2. The van der Waals surface area contributed by atoms with Crippen LogP contribution in [-0.2, 0) is 6.42 Å². The molecule has 0 spiro atoms. The van der Waals surface area contributed by atoms with Crippen molar-refractivity contribution in [3.05, 3.63) is 59.1 Å². The lowest BCUT2D eigenvalue weighted by molar-refractivity contribution is 0.827. The van der Waals surface area contributed by atoms with Crippen LogP contribution in [0.25, 0.3) is 10.2 Å². The predicted molar refractivity (Wildman–Crippen MR) is 99.2 cm³/mol. The third kappa shape index (κ3) is 4.29. The molecule has 3 aromatic rings. The van der Waals surface area contributed by atoms with Gasteiger partial charge in [-0.3, -0.25) is 4.99 Å². The molecule has 0 bridgehead atoms. The highest BCUT2D eigenvalue weighted by Gasteiger charge is 2.02. The molecule has 0 aliphatic heterocycles. The Morgan fingerprint density at radius 1 is 1.17 bits per heavy atom. The van der Waals surface area contributed by atoms with Crippen molar-refractivity contribution in [2.45, 2.75) is 19.8 Å². The molecular formula is C18H20N4S. The summed E-state index contributed by atoms with van der Waals surface area (Å²) in [6, 6.07) is 16.3. The molecule has 5 heteroatoms. The van der Waals surface area contributed by atoms with Gasteiger partial charge in [-0.2, -0.15) is 0 Å². The van der Waals surface area contributed by atoms with E-state index >= 15 is 0 Å². The summed E-state index contributed by atoms with van der Waals surface area (Å²) in [5, 5.41) is 4.26. The largest absolute Gasteiger partial charge is 0.370 e. The summed E-state index contributed by atoms with van der Waals surface area (Å²) in [7, 11) is 0. The van der Waals surface area contributed by atoms with Crippen LogP contribution >= 0.6 is 11.3 Å². The van der Waals surface area contributed by atoms with Gasteiger partial charge >= 0.3 is 0 Å². The van der Waals surface area contributed by atoms with E-state index in [0.717, 1.165) is 29.1 Å². The second-order valence-corrected chi connectivity index (χ2v) is 6.55. The van der Waals surface area contributed by atoms with Crippen LogP contribution in [0.5, 0.6) is 0 Å². The van der Waals surface area contributed by atoms with E-state index in [9.17, 15) is 0 Å². The van der Waals surface area contributed by atoms with Gasteiger partial charge in [0.25, 0.3) is 0 Å². The van der Waals surface area contributed by atoms with Gasteiger partial charge in [0.05, 0.1) is 15.2 Å². The number of nitrogens with two attached hydrogens (primary N) is 1. The molecule has 0 aliphatic carbocycles. The minimum atomic E-state index is 0.457. The first-order chi connectivity index (χ1) is 11.2. The van der Waals surface area contributed by atoms with E-state index in [0.29, 0.717) is 12.5 Å². The molecule has 0 saturated carbocycles. The second-order valence-electron chi connectivity index (χ2n) is 5.44. The molecule has 3 N–H and O–H groups in total. The highest BCUT2D eigenvalue weighted by molar-refractivity contribution is 7.18. The summed E-state index contributed by atoms with van der Waals surface area (Å²) in [6.45, 7) is 2.75. The van der Waals surface area contributed by atoms with Crippen molar-refractivity contribution >= 4 is 33.2 Å². The Bertz CT molecular complexity index is 772. The predicted octanol–water partition coefficient (Wildman–Crippen LogP) is 3.96. The van der Waals surface area contributed by atoms with Crippen molar-refractivity contribution < 1.29 is 0 Å². The molecule has 0 amide bonds. The number of hydrogen-bond donors (Lipinski definition) is 2. The molecule has 4 nitrogen and oxygen atoms in total. The minimum absolute atomic E-state index is 0.457. The van der Waals surface area contributed by atoms with Gasteiger partial charge in [-0.05, 0) is 37.6 Å². The van der Waals surface area contributed by atoms with E-state index in [2.05, 4.69) is 34.3 Å². The van der Waals surface area contributed by atoms with Crippen LogP contribution in [0.1, 0.15) is 17.0 Å². The fraction of sp³-hybridized carbons (Fsp3) is 0.222. The number of thiazole rings is 1. The Morgan fingerprint density at radius 2 is 1.96 bits per heavy atom. The molecule has 2 aromatic carbocycles. The molecule has 0 radical (unpaired) electrons. The number of para-hydroxylation sites is 1. The number of rotatable bonds is 5. The number of nitrogens with one attached hydrogen (secondary N) is 1. The molecule has 0 saturated heterocycles. The number of aromatic nitrogens is 1. The maximum Gasteiger partial charge on any atom is 0.193 e. The lowest BCUT2D eigenvalue weighted by Crippen LogP contribution is -2.22. The fourth-order valence-corrected chi connectivity index (χ4v) is 3.29. The third-order valence-corrected chi connectivity index (χ3v) is 4.59. The number of hydrogen-bond acceptors (Lipinski definition) is 3. The highest BCUT2D eigenvalue weighted by Crippen LogP contribution is 2.22. The van der Waals surface area contributed by atoms with Crippen LogP contribution in [0.3, 0.4) is 0 Å². The Labute approximate surface area is 140 Å². The summed E-state index contributed by atoms with van der Waals surface area (Å²) in [6.07, 6.45) is 1.87. The van der Waals surface area contributed by atoms with Gasteiger partial charge < -0.3 is 11.1 Å². The summed E-state index contributed by atoms with van der Waals surface area (Å²) < 4.78 is 1.24. The van der Waals surface area contributed by atoms with Gasteiger partial charge in [0, 0.05) is 18.7 Å². The minimum Gasteiger partial charge on any atom is -0.370 e. The van der Waals surface area contributed by atoms with Crippen molar-refractivity contribution in [3.63, 3.8) is 0 Å². The molecule has 23 heavy (non-hydrogen) atoms. The first kappa shape index (κ1) is 15.5. The van der Waals surface area contributed by atoms with Gasteiger partial charge in [0.1, 0.15) is 0 Å². The quantitative estimate of drug-likeness (QED) is 0.424. The number of guanidine groups is 1. The zero-order valence-corrected chi connectivity index (χ0v) is 13.9. The normalized spacial score (nSPS) is 11.8. The molecule has 0 unspecified atom stereocenters. The van der Waals surface area contributed by atoms with Gasteiger partial charge in [-0.1, -0.05) is 29.8 Å². The summed E-state index contributed by atoms with van der Waals surface area (Å²) in [4.78, 5) is 9.00. The maximum atomic E-state index is 5.91. The maximum absolute atomic E-state index is 5.91. The van der Waals surface area contributed by atoms with E-state index in [1.54, 1.807) is 11.3 Å². The van der Waals surface area contributed by atoms with Crippen molar-refractivity contribution in [1.29, 1.82) is 0 Å². The monoisotopic (exact) mass is 324 g/mol. The second kappa shape index (κ2) is 7.24. The van der Waals surface area contributed by atoms with Crippen molar-refractivity contribution in [2.24, 2.45) is 10.7 Å². The van der Waals surface area contributed by atoms with E-state index in [-0.39, 0.29) is 0 Å². The first-order valence-electron chi connectivity index (χ1n) is 7.69. The number of aryl methyl sites for hydroxylation is 2. The lowest BCUT2D eigenvalue weighted by Gasteiger charge is -2.05. The number of anilines is 1. The molecule has 118 valence electrons. The molecule has 3 rings (SSSR count). The van der Waals surface area contributed by atoms with E-state index in [1.807, 2.05) is 36.4 Å². The third-order valence-electron chi connectivity index (χ3n) is 3.49. The summed E-state index contributed by atoms with van der Waals surface area (Å²) in [5.41, 5.74) is 9.18. The summed E-state index contributed by atoms with van der Waals surface area (Å²) >= 11 is 1.75. The zero-order valence-electron chi connectivity index (χ0n) is 13.1. The van der Waals surface area contributed by atoms with Crippen molar-refractivity contribution in [1.82, 2.24) is 4.98 Å². The molecule has 1 aromatic heterocycles. The van der Waals surface area contributed by atoms with Crippen LogP contribution < -0.4 is 11.1 Å². The van der Waals surface area contributed by atoms with Crippen LogP contribution in [0.15, 0.2) is 53.5 Å². The molecule has 0 aliphatic rings. The Hall–Kier alpha value is -2.40. The van der Waals surface area contributed by atoms with Crippen molar-refractivity contribution in [3.8, 4) is 0 Å². The topological polar surface area (TPSA) is 63.3 Å². The SMILES string of the molecule is Cc1ccc(NC(N)=NCCCc2nc3ccccc3s2)cc1. The Kier molecular flexibility index (Phi) is 4.88. The number of fused-ring (bicyclic) bond motifs is 1. The Morgan fingerprint density at radius 3 is 2.74 bits per heavy atom. The molecular weight excluding hydrogens is 304 g/mol. The smallest absolute Gasteiger partial charge is 0.193 e. The standard InChI is InChI=1S/C18H20N4S/c1-13-8-10-14(11-9-13)21-18(19)20-12-4-7-17-22-15-5-2-3-6-16(15)23-17/h2-3,5-6,8-11H,4,7,12H2,1H3,(H3,19,20,21). The first-order valence-corrected chi connectivity index (χ1v) is 8.50. The molecule has 0 fully saturated rings. The van der Waals surface area contributed by atoms with E-state index in [1.165, 1.54) is 10.3 Å². The number of aliphatic imine (C=N–C) groups is 1. The van der Waals surface area contributed by atoms with Crippen LogP contribution in [-0.4, -0.2) is 17.5 Å². The molecule has 0 atom stereocenters. The van der Waals surface area contributed by atoms with Crippen LogP contribution in [0.4, 0.5) is 5.69 Å². The zero-order chi connectivity index (χ0) is 16.1. The van der Waals surface area contributed by atoms with E-state index in [4.69, 9.17) is 5.73 Å². The fourth-order valence-electron chi connectivity index (χ4n) is 2.28. The van der Waals surface area contributed by atoms with Gasteiger partial charge in [-0.25, -0.2) is 4.98 Å². The van der Waals surface area contributed by atoms with Crippen LogP contribution in [0, 0.1) is 6.92 Å². The number of benzene rings is 2. The average molecular weight is 324 g/mol. The van der Waals surface area contributed by atoms with Crippen molar-refractivity contribution in [2.75, 3.05) is 11.9 Å². The molecule has 1 heterocycles. The van der Waals surface area contributed by atoms with E-state index < -0.39 is 0 Å². The van der Waals surface area contributed by atoms with Gasteiger partial charge in [0.2, 0.25) is 0 Å². The Balaban J connectivity index is 1.49. The number of nitrogens with zero attached hydrogens (tertiary/aromatic N) is 2.